The predicted molar refractivity (Wildman–Crippen MR) is 74.9 cm³/mol. The lowest BCUT2D eigenvalue weighted by atomic mass is 10.1. The Hall–Kier alpha value is -1.40. The molecule has 1 atom stereocenters. The molecular formula is C13H17N5S. The molecular weight excluding hydrogens is 258 g/mol. The van der Waals surface area contributed by atoms with Crippen molar-refractivity contribution >= 4 is 11.8 Å². The standard InChI is InChI=1S/C13H17N5S/c1-9-2-4-10(5-3-9)12(8-14)19-13-15-16-17-18(13)11-6-7-11/h2-5,11-12H,6-8,14H2,1H3. The second-order valence-electron chi connectivity index (χ2n) is 4.89. The molecule has 1 unspecified atom stereocenters. The van der Waals surface area contributed by atoms with Gasteiger partial charge >= 0.3 is 0 Å². The molecule has 2 N–H and O–H groups in total. The normalized spacial score (nSPS) is 16.5. The van der Waals surface area contributed by atoms with E-state index in [2.05, 4.69) is 46.7 Å². The van der Waals surface area contributed by atoms with Crippen molar-refractivity contribution < 1.29 is 0 Å². The number of thioether (sulfide) groups is 1. The van der Waals surface area contributed by atoms with Gasteiger partial charge in [-0.05, 0) is 35.8 Å². The van der Waals surface area contributed by atoms with Crippen LogP contribution in [0.25, 0.3) is 0 Å². The first-order chi connectivity index (χ1) is 9.28. The average molecular weight is 275 g/mol. The summed E-state index contributed by atoms with van der Waals surface area (Å²) in [7, 11) is 0. The number of rotatable bonds is 5. The number of benzene rings is 1. The van der Waals surface area contributed by atoms with Crippen LogP contribution in [0.5, 0.6) is 0 Å². The van der Waals surface area contributed by atoms with Crippen LogP contribution in [-0.4, -0.2) is 26.8 Å². The van der Waals surface area contributed by atoms with Gasteiger partial charge in [0.2, 0.25) is 5.16 Å². The number of nitrogens with two attached hydrogens (primary N) is 1. The van der Waals surface area contributed by atoms with Gasteiger partial charge in [-0.15, -0.1) is 5.10 Å². The van der Waals surface area contributed by atoms with Crippen LogP contribution in [0.15, 0.2) is 29.4 Å². The van der Waals surface area contributed by atoms with Crippen LogP contribution in [-0.2, 0) is 0 Å². The third-order valence-electron chi connectivity index (χ3n) is 3.27. The third-order valence-corrected chi connectivity index (χ3v) is 4.49. The molecule has 0 radical (unpaired) electrons. The van der Waals surface area contributed by atoms with E-state index >= 15 is 0 Å². The van der Waals surface area contributed by atoms with Crippen molar-refractivity contribution in [2.75, 3.05) is 6.54 Å². The van der Waals surface area contributed by atoms with Crippen LogP contribution >= 0.6 is 11.8 Å². The highest BCUT2D eigenvalue weighted by Crippen LogP contribution is 2.39. The topological polar surface area (TPSA) is 69.6 Å². The van der Waals surface area contributed by atoms with E-state index in [0.717, 1.165) is 5.16 Å². The molecule has 1 aromatic heterocycles. The number of tetrazole rings is 1. The van der Waals surface area contributed by atoms with E-state index in [1.54, 1.807) is 11.8 Å². The monoisotopic (exact) mass is 275 g/mol. The van der Waals surface area contributed by atoms with Crippen molar-refractivity contribution in [1.29, 1.82) is 0 Å². The van der Waals surface area contributed by atoms with Crippen LogP contribution in [0.3, 0.4) is 0 Å². The maximum absolute atomic E-state index is 5.90. The lowest BCUT2D eigenvalue weighted by molar-refractivity contribution is 0.564. The Labute approximate surface area is 116 Å². The molecule has 5 nitrogen and oxygen atoms in total. The highest BCUT2D eigenvalue weighted by atomic mass is 32.2. The molecule has 0 amide bonds. The molecule has 0 aliphatic heterocycles. The first kappa shape index (κ1) is 12.6. The van der Waals surface area contributed by atoms with Gasteiger partial charge in [0.1, 0.15) is 0 Å². The Bertz CT molecular complexity index is 546. The zero-order valence-electron chi connectivity index (χ0n) is 10.9. The summed E-state index contributed by atoms with van der Waals surface area (Å²) in [6, 6.07) is 8.98. The summed E-state index contributed by atoms with van der Waals surface area (Å²) in [6.07, 6.45) is 2.35. The lowest BCUT2D eigenvalue weighted by Crippen LogP contribution is -2.11. The molecule has 6 heteroatoms. The van der Waals surface area contributed by atoms with Crippen LogP contribution in [0.1, 0.15) is 35.3 Å². The summed E-state index contributed by atoms with van der Waals surface area (Å²) in [5, 5.41) is 13.0. The summed E-state index contributed by atoms with van der Waals surface area (Å²) in [4.78, 5) is 0. The van der Waals surface area contributed by atoms with E-state index in [-0.39, 0.29) is 5.25 Å². The molecule has 100 valence electrons. The molecule has 3 rings (SSSR count). The number of nitrogens with zero attached hydrogens (tertiary/aromatic N) is 4. The van der Waals surface area contributed by atoms with Gasteiger partial charge in [0.25, 0.3) is 0 Å². The van der Waals surface area contributed by atoms with Crippen molar-refractivity contribution in [2.24, 2.45) is 5.73 Å². The Morgan fingerprint density at radius 1 is 1.37 bits per heavy atom. The van der Waals surface area contributed by atoms with Gasteiger partial charge in [-0.3, -0.25) is 0 Å². The van der Waals surface area contributed by atoms with E-state index in [4.69, 9.17) is 5.73 Å². The van der Waals surface area contributed by atoms with Crippen LogP contribution in [0, 0.1) is 6.92 Å². The Balaban J connectivity index is 1.79. The Kier molecular flexibility index (Phi) is 3.52. The summed E-state index contributed by atoms with van der Waals surface area (Å²) in [6.45, 7) is 2.66. The number of hydrogen-bond donors (Lipinski definition) is 1. The lowest BCUT2D eigenvalue weighted by Gasteiger charge is -2.14. The van der Waals surface area contributed by atoms with Gasteiger partial charge in [0.15, 0.2) is 0 Å². The first-order valence-electron chi connectivity index (χ1n) is 6.49. The fourth-order valence-electron chi connectivity index (χ4n) is 1.97. The van der Waals surface area contributed by atoms with Gasteiger partial charge in [-0.1, -0.05) is 41.6 Å². The largest absolute Gasteiger partial charge is 0.329 e. The molecule has 1 heterocycles. The predicted octanol–water partition coefficient (Wildman–Crippen LogP) is 2.11. The second kappa shape index (κ2) is 5.30. The second-order valence-corrected chi connectivity index (χ2v) is 6.06. The molecule has 1 saturated carbocycles. The summed E-state index contributed by atoms with van der Waals surface area (Å²) in [5.74, 6) is 0. The SMILES string of the molecule is Cc1ccc(C(CN)Sc2nnnn2C2CC2)cc1. The molecule has 0 spiro atoms. The van der Waals surface area contributed by atoms with Gasteiger partial charge in [-0.2, -0.15) is 0 Å². The summed E-state index contributed by atoms with van der Waals surface area (Å²) in [5.41, 5.74) is 8.38. The highest BCUT2D eigenvalue weighted by molar-refractivity contribution is 7.99. The molecule has 0 saturated heterocycles. The molecule has 1 aliphatic rings. The van der Waals surface area contributed by atoms with E-state index in [0.29, 0.717) is 12.6 Å². The minimum Gasteiger partial charge on any atom is -0.329 e. The first-order valence-corrected chi connectivity index (χ1v) is 7.37. The number of aromatic nitrogens is 4. The summed E-state index contributed by atoms with van der Waals surface area (Å²) >= 11 is 1.65. The quantitative estimate of drug-likeness (QED) is 0.846. The Morgan fingerprint density at radius 2 is 2.11 bits per heavy atom. The smallest absolute Gasteiger partial charge is 0.210 e. The van der Waals surface area contributed by atoms with Gasteiger partial charge < -0.3 is 5.73 Å². The van der Waals surface area contributed by atoms with Crippen molar-refractivity contribution in [3.05, 3.63) is 35.4 Å². The van der Waals surface area contributed by atoms with Crippen molar-refractivity contribution in [3.8, 4) is 0 Å². The molecule has 1 aromatic carbocycles. The van der Waals surface area contributed by atoms with E-state index in [9.17, 15) is 0 Å². The third kappa shape index (κ3) is 2.79. The van der Waals surface area contributed by atoms with Gasteiger partial charge in [-0.25, -0.2) is 4.68 Å². The van der Waals surface area contributed by atoms with E-state index in [1.807, 2.05) is 4.68 Å². The van der Waals surface area contributed by atoms with E-state index < -0.39 is 0 Å². The van der Waals surface area contributed by atoms with Crippen molar-refractivity contribution in [2.45, 2.75) is 36.2 Å². The zero-order chi connectivity index (χ0) is 13.2. The fourth-order valence-corrected chi connectivity index (χ4v) is 2.99. The molecule has 19 heavy (non-hydrogen) atoms. The van der Waals surface area contributed by atoms with Gasteiger partial charge in [0.05, 0.1) is 6.04 Å². The number of aryl methyl sites for hydroxylation is 1. The summed E-state index contributed by atoms with van der Waals surface area (Å²) < 4.78 is 1.93. The Morgan fingerprint density at radius 3 is 2.74 bits per heavy atom. The minimum atomic E-state index is 0.198. The maximum atomic E-state index is 5.90. The molecule has 2 aromatic rings. The zero-order valence-corrected chi connectivity index (χ0v) is 11.7. The molecule has 1 fully saturated rings. The number of hydrogen-bond acceptors (Lipinski definition) is 5. The van der Waals surface area contributed by atoms with Crippen LogP contribution in [0.2, 0.25) is 0 Å². The fraction of sp³-hybridized carbons (Fsp3) is 0.462. The highest BCUT2D eigenvalue weighted by Gasteiger charge is 2.29. The van der Waals surface area contributed by atoms with E-state index in [1.165, 1.54) is 24.0 Å². The average Bonchev–Trinajstić information content (AvgIpc) is 3.17. The van der Waals surface area contributed by atoms with Crippen LogP contribution < -0.4 is 5.73 Å². The maximum Gasteiger partial charge on any atom is 0.210 e. The van der Waals surface area contributed by atoms with Crippen molar-refractivity contribution in [1.82, 2.24) is 20.2 Å². The van der Waals surface area contributed by atoms with Crippen molar-refractivity contribution in [3.63, 3.8) is 0 Å². The van der Waals surface area contributed by atoms with Crippen LogP contribution in [0.4, 0.5) is 0 Å². The molecule has 1 aliphatic carbocycles. The minimum absolute atomic E-state index is 0.198. The molecule has 0 bridgehead atoms. The van der Waals surface area contributed by atoms with Gasteiger partial charge in [0, 0.05) is 11.8 Å².